The smallest absolute Gasteiger partial charge is 0.269 e. The maximum Gasteiger partial charge on any atom is 0.269 e. The number of aromatic nitrogens is 3. The molecule has 3 amide bonds. The molecule has 0 spiro atoms. The number of piperazine rings is 1. The van der Waals surface area contributed by atoms with Crippen molar-refractivity contribution in [2.75, 3.05) is 37.6 Å². The van der Waals surface area contributed by atoms with Gasteiger partial charge in [0, 0.05) is 73.5 Å². The van der Waals surface area contributed by atoms with Gasteiger partial charge in [0.05, 0.1) is 28.0 Å². The second-order valence-corrected chi connectivity index (χ2v) is 15.5. The minimum atomic E-state index is -0.764. The maximum atomic E-state index is 13.3. The van der Waals surface area contributed by atoms with Gasteiger partial charge in [0.2, 0.25) is 5.91 Å². The number of piperidine rings is 1. The Kier molecular flexibility index (Phi) is 10.7. The fourth-order valence-corrected chi connectivity index (χ4v) is 8.33. The van der Waals surface area contributed by atoms with E-state index < -0.39 is 11.9 Å². The molecule has 1 unspecified atom stereocenters. The number of halogens is 1. The first-order valence-electron chi connectivity index (χ1n) is 17.8. The zero-order valence-electron chi connectivity index (χ0n) is 30.0. The zero-order chi connectivity index (χ0) is 37.2. The molecule has 2 aromatic heterocycles. The van der Waals surface area contributed by atoms with Crippen molar-refractivity contribution in [2.24, 2.45) is 10.8 Å². The number of ether oxygens (including phenoxy) is 1. The number of aryl methyl sites for hydroxylation is 1. The summed E-state index contributed by atoms with van der Waals surface area (Å²) < 4.78 is 7.51. The summed E-state index contributed by atoms with van der Waals surface area (Å²) in [6.07, 6.45) is 6.34. The van der Waals surface area contributed by atoms with E-state index in [1.54, 1.807) is 30.6 Å². The number of anilines is 1. The van der Waals surface area contributed by atoms with Gasteiger partial charge in [-0.1, -0.05) is 39.3 Å². The van der Waals surface area contributed by atoms with Crippen LogP contribution in [0.4, 0.5) is 5.69 Å². The number of benzene rings is 1. The van der Waals surface area contributed by atoms with Gasteiger partial charge in [-0.25, -0.2) is 4.68 Å². The number of unbranched alkanes of at least 4 members (excludes halogenated alkanes) is 1. The Bertz CT molecular complexity index is 1910. The van der Waals surface area contributed by atoms with Gasteiger partial charge in [-0.3, -0.25) is 34.4 Å². The van der Waals surface area contributed by atoms with Crippen molar-refractivity contribution in [1.82, 2.24) is 30.3 Å². The largest absolute Gasteiger partial charge is 0.489 e. The van der Waals surface area contributed by atoms with Crippen LogP contribution in [0.5, 0.6) is 5.75 Å². The second kappa shape index (κ2) is 15.0. The van der Waals surface area contributed by atoms with E-state index in [4.69, 9.17) is 16.3 Å². The van der Waals surface area contributed by atoms with Crippen LogP contribution >= 0.6 is 11.6 Å². The molecule has 2 aliphatic heterocycles. The van der Waals surface area contributed by atoms with E-state index in [9.17, 15) is 24.4 Å². The summed E-state index contributed by atoms with van der Waals surface area (Å²) in [5.41, 5.74) is 1.52. The van der Waals surface area contributed by atoms with Gasteiger partial charge >= 0.3 is 0 Å². The average molecular weight is 729 g/mol. The Balaban J connectivity index is 0.920. The van der Waals surface area contributed by atoms with Crippen LogP contribution in [-0.4, -0.2) is 82.3 Å². The number of nitrogens with one attached hydrogen (secondary N) is 2. The quantitative estimate of drug-likeness (QED) is 0.219. The predicted octanol–water partition coefficient (Wildman–Crippen LogP) is 3.90. The first-order valence-corrected chi connectivity index (χ1v) is 18.2. The average Bonchev–Trinajstić information content (AvgIpc) is 3.12. The number of hydrogen-bond acceptors (Lipinski definition) is 10. The van der Waals surface area contributed by atoms with Crippen LogP contribution in [0.25, 0.3) is 0 Å². The fourth-order valence-electron chi connectivity index (χ4n) is 8.12. The van der Waals surface area contributed by atoms with Crippen molar-refractivity contribution < 1.29 is 19.1 Å². The summed E-state index contributed by atoms with van der Waals surface area (Å²) in [7, 11) is 0. The molecule has 14 heteroatoms. The highest BCUT2D eigenvalue weighted by atomic mass is 35.5. The molecule has 3 fully saturated rings. The lowest BCUT2D eigenvalue weighted by Gasteiger charge is -2.63. The SMILES string of the molecule is CC1(C)[C@H](NC(=O)c2ccc(CCCCN3CCN(c4cnn(C5CCC(=O)NC5=O)c(=O)c4)CC3)nc2)C(C)(C)[C@H]1Oc1ccc(C#N)c(Cl)c1. The number of imide groups is 1. The van der Waals surface area contributed by atoms with Gasteiger partial charge in [-0.05, 0) is 56.5 Å². The van der Waals surface area contributed by atoms with Crippen molar-refractivity contribution >= 4 is 35.0 Å². The fraction of sp³-hybridized carbons (Fsp3) is 0.500. The molecule has 13 nitrogen and oxygen atoms in total. The Morgan fingerprint density at radius 3 is 2.42 bits per heavy atom. The number of hydrogen-bond donors (Lipinski definition) is 2. The Hall–Kier alpha value is -4.80. The zero-order valence-corrected chi connectivity index (χ0v) is 30.8. The van der Waals surface area contributed by atoms with E-state index in [0.717, 1.165) is 63.4 Å². The second-order valence-electron chi connectivity index (χ2n) is 15.1. The summed E-state index contributed by atoms with van der Waals surface area (Å²) >= 11 is 6.22. The Morgan fingerprint density at radius 2 is 1.79 bits per heavy atom. The van der Waals surface area contributed by atoms with Gasteiger partial charge in [-0.2, -0.15) is 10.4 Å². The minimum absolute atomic E-state index is 0.140. The number of nitriles is 1. The van der Waals surface area contributed by atoms with Crippen molar-refractivity contribution in [3.05, 3.63) is 81.0 Å². The van der Waals surface area contributed by atoms with Crippen molar-refractivity contribution in [3.63, 3.8) is 0 Å². The Morgan fingerprint density at radius 1 is 1.04 bits per heavy atom. The number of rotatable bonds is 11. The molecule has 1 atom stereocenters. The molecule has 3 aromatic rings. The first-order chi connectivity index (χ1) is 24.8. The molecule has 0 bridgehead atoms. The van der Waals surface area contributed by atoms with Crippen molar-refractivity contribution in [2.45, 2.75) is 78.0 Å². The van der Waals surface area contributed by atoms with E-state index in [-0.39, 0.29) is 53.2 Å². The van der Waals surface area contributed by atoms with Crippen LogP contribution < -0.4 is 25.8 Å². The van der Waals surface area contributed by atoms with Crippen LogP contribution in [0.3, 0.4) is 0 Å². The summed E-state index contributed by atoms with van der Waals surface area (Å²) in [5.74, 6) is -0.399. The first kappa shape index (κ1) is 37.0. The molecule has 3 aliphatic rings. The summed E-state index contributed by atoms with van der Waals surface area (Å²) in [6, 6.07) is 11.5. The summed E-state index contributed by atoms with van der Waals surface area (Å²) in [4.78, 5) is 58.8. The van der Waals surface area contributed by atoms with E-state index in [1.165, 1.54) is 10.7 Å². The topological polar surface area (TPSA) is 163 Å². The predicted molar refractivity (Wildman–Crippen MR) is 195 cm³/mol. The molecule has 2 saturated heterocycles. The van der Waals surface area contributed by atoms with Crippen molar-refractivity contribution in [1.29, 1.82) is 5.26 Å². The highest BCUT2D eigenvalue weighted by Gasteiger charge is 2.64. The van der Waals surface area contributed by atoms with Crippen LogP contribution in [0.15, 0.2) is 53.6 Å². The van der Waals surface area contributed by atoms with Gasteiger partial charge < -0.3 is 15.0 Å². The molecule has 1 aliphatic carbocycles. The third-order valence-corrected chi connectivity index (χ3v) is 11.0. The Labute approximate surface area is 308 Å². The van der Waals surface area contributed by atoms with Gasteiger partial charge in [0.1, 0.15) is 24.0 Å². The van der Waals surface area contributed by atoms with Gasteiger partial charge in [-0.15, -0.1) is 0 Å². The van der Waals surface area contributed by atoms with E-state index >= 15 is 0 Å². The molecular formula is C38H45ClN8O5. The molecule has 2 N–H and O–H groups in total. The highest BCUT2D eigenvalue weighted by Crippen LogP contribution is 2.55. The number of carbonyl (C=O) groups excluding carboxylic acids is 3. The van der Waals surface area contributed by atoms with Gasteiger partial charge in [0.25, 0.3) is 17.4 Å². The highest BCUT2D eigenvalue weighted by molar-refractivity contribution is 6.31. The number of nitrogens with zero attached hydrogens (tertiary/aromatic N) is 6. The third-order valence-electron chi connectivity index (χ3n) is 10.7. The molecule has 274 valence electrons. The third kappa shape index (κ3) is 7.68. The number of carbonyl (C=O) groups is 3. The standard InChI is InChI=1S/C38H45ClN8O5/c1-37(2)35(38(3,4)36(37)52-28-11-9-24(21-40)29(39)20-28)44-33(50)25-8-10-26(41-22-25)7-5-6-14-45-15-17-46(18-16-45)27-19-32(49)47(42-23-27)30-12-13-31(48)43-34(30)51/h8-11,19-20,22-23,30,35-36H,5-7,12-18H2,1-4H3,(H,44,50)(H,43,48,51)/t30?,35-,36-. The van der Waals surface area contributed by atoms with Gasteiger partial charge in [0.15, 0.2) is 0 Å². The normalized spacial score (nSPS) is 22.5. The van der Waals surface area contributed by atoms with E-state index in [1.807, 2.05) is 12.1 Å². The van der Waals surface area contributed by atoms with Crippen LogP contribution in [0.2, 0.25) is 5.02 Å². The molecule has 6 rings (SSSR count). The molecule has 0 radical (unpaired) electrons. The summed E-state index contributed by atoms with van der Waals surface area (Å²) in [5, 5.41) is 19.3. The lowest BCUT2D eigenvalue weighted by atomic mass is 9.49. The summed E-state index contributed by atoms with van der Waals surface area (Å²) in [6.45, 7) is 12.5. The van der Waals surface area contributed by atoms with Crippen LogP contribution in [-0.2, 0) is 16.0 Å². The molecular weight excluding hydrogens is 684 g/mol. The van der Waals surface area contributed by atoms with Crippen molar-refractivity contribution in [3.8, 4) is 11.8 Å². The monoisotopic (exact) mass is 728 g/mol. The number of pyridine rings is 1. The maximum absolute atomic E-state index is 13.3. The lowest BCUT2D eigenvalue weighted by Crippen LogP contribution is -2.74. The lowest BCUT2D eigenvalue weighted by molar-refractivity contribution is -0.164. The van der Waals surface area contributed by atoms with E-state index in [2.05, 4.69) is 64.3 Å². The minimum Gasteiger partial charge on any atom is -0.489 e. The van der Waals surface area contributed by atoms with E-state index in [0.29, 0.717) is 21.9 Å². The van der Waals surface area contributed by atoms with Crippen LogP contribution in [0.1, 0.15) is 81.0 Å². The number of amides is 3. The molecule has 1 saturated carbocycles. The van der Waals surface area contributed by atoms with Crippen LogP contribution in [0, 0.1) is 22.2 Å². The molecule has 4 heterocycles. The molecule has 1 aromatic carbocycles. The molecule has 52 heavy (non-hydrogen) atoms.